The second-order valence-electron chi connectivity index (χ2n) is 9.21. The van der Waals surface area contributed by atoms with Gasteiger partial charge in [-0.3, -0.25) is 4.57 Å². The van der Waals surface area contributed by atoms with Crippen LogP contribution in [0.1, 0.15) is 42.3 Å². The third-order valence-electron chi connectivity index (χ3n) is 6.88. The Morgan fingerprint density at radius 1 is 1.08 bits per heavy atom. The molecule has 4 aromatic rings. The highest BCUT2D eigenvalue weighted by molar-refractivity contribution is 7.98. The first kappa shape index (κ1) is 25.5. The van der Waals surface area contributed by atoms with Gasteiger partial charge in [0.25, 0.3) is 0 Å². The van der Waals surface area contributed by atoms with E-state index in [0.29, 0.717) is 21.6 Å². The molecule has 5 rings (SSSR count). The molecule has 3 aromatic carbocycles. The van der Waals surface area contributed by atoms with Gasteiger partial charge in [0, 0.05) is 34.6 Å². The fourth-order valence-electron chi connectivity index (χ4n) is 4.99. The van der Waals surface area contributed by atoms with Crippen LogP contribution in [0.25, 0.3) is 5.69 Å². The largest absolute Gasteiger partial charge is 0.508 e. The van der Waals surface area contributed by atoms with Gasteiger partial charge in [-0.05, 0) is 68.1 Å². The minimum Gasteiger partial charge on any atom is -0.508 e. The molecule has 0 saturated heterocycles. The normalized spacial score (nSPS) is 17.0. The number of hydrogen-bond acceptors (Lipinski definition) is 4. The molecule has 1 atom stereocenters. The first-order chi connectivity index (χ1) is 17.7. The number of aromatic hydroxyl groups is 1. The first-order valence-corrected chi connectivity index (χ1v) is 13.1. The van der Waals surface area contributed by atoms with E-state index in [4.69, 9.17) is 21.3 Å². The molecule has 37 heavy (non-hydrogen) atoms. The molecule has 1 aliphatic rings. The summed E-state index contributed by atoms with van der Waals surface area (Å²) < 4.78 is 50.2. The lowest BCUT2D eigenvalue weighted by Gasteiger charge is -2.36. The Morgan fingerprint density at radius 2 is 1.78 bits per heavy atom. The molecule has 192 valence electrons. The summed E-state index contributed by atoms with van der Waals surface area (Å²) in [6.45, 7) is 2.13. The van der Waals surface area contributed by atoms with Gasteiger partial charge in [-0.25, -0.2) is 18.2 Å². The third kappa shape index (κ3) is 4.68. The summed E-state index contributed by atoms with van der Waals surface area (Å²) in [5.41, 5.74) is 2.86. The molecule has 0 bridgehead atoms. The highest BCUT2D eigenvalue weighted by atomic mass is 35.5. The quantitative estimate of drug-likeness (QED) is 0.254. The van der Waals surface area contributed by atoms with Crippen LogP contribution in [0, 0.1) is 17.5 Å². The lowest BCUT2D eigenvalue weighted by atomic mass is 9.71. The van der Waals surface area contributed by atoms with Crippen molar-refractivity contribution in [1.29, 1.82) is 0 Å². The number of phenolic OH excluding ortho intramolecular Hbond substituents is 1. The van der Waals surface area contributed by atoms with Crippen molar-refractivity contribution in [3.63, 3.8) is 0 Å². The van der Waals surface area contributed by atoms with Crippen molar-refractivity contribution in [2.24, 2.45) is 0 Å². The molecular weight excluding hydrogens is 521 g/mol. The number of methoxy groups -OCH3 is 1. The summed E-state index contributed by atoms with van der Waals surface area (Å²) in [5.74, 6) is -1.97. The molecule has 1 N–H and O–H groups in total. The van der Waals surface area contributed by atoms with E-state index in [2.05, 4.69) is 6.92 Å². The molecule has 0 spiro atoms. The number of nitrogens with zero attached hydrogens (tertiary/aromatic N) is 2. The summed E-state index contributed by atoms with van der Waals surface area (Å²) in [4.78, 5) is 4.90. The molecule has 1 aromatic heterocycles. The maximum atomic E-state index is 14.5. The highest BCUT2D eigenvalue weighted by Crippen LogP contribution is 2.46. The van der Waals surface area contributed by atoms with Crippen molar-refractivity contribution in [2.45, 2.75) is 42.5 Å². The van der Waals surface area contributed by atoms with Gasteiger partial charge in [0.05, 0.1) is 23.5 Å². The van der Waals surface area contributed by atoms with E-state index in [1.807, 2.05) is 16.7 Å². The molecule has 0 aliphatic heterocycles. The van der Waals surface area contributed by atoms with Gasteiger partial charge < -0.3 is 9.84 Å². The topological polar surface area (TPSA) is 47.3 Å². The predicted octanol–water partition coefficient (Wildman–Crippen LogP) is 7.59. The van der Waals surface area contributed by atoms with Crippen molar-refractivity contribution in [3.05, 3.63) is 99.6 Å². The van der Waals surface area contributed by atoms with Gasteiger partial charge >= 0.3 is 0 Å². The Hall–Kier alpha value is -3.10. The smallest absolute Gasteiger partial charge is 0.173 e. The summed E-state index contributed by atoms with van der Waals surface area (Å²) >= 11 is 7.49. The number of ether oxygens (including phenoxy) is 1. The van der Waals surface area contributed by atoms with Gasteiger partial charge in [-0.1, -0.05) is 29.4 Å². The zero-order valence-corrected chi connectivity index (χ0v) is 21.8. The number of halogens is 4. The van der Waals surface area contributed by atoms with Crippen molar-refractivity contribution >= 4 is 23.4 Å². The van der Waals surface area contributed by atoms with E-state index in [9.17, 15) is 18.3 Å². The Balaban J connectivity index is 1.66. The summed E-state index contributed by atoms with van der Waals surface area (Å²) in [5, 5.41) is 10.5. The molecule has 4 nitrogen and oxygen atoms in total. The van der Waals surface area contributed by atoms with Crippen molar-refractivity contribution in [1.82, 2.24) is 9.55 Å². The minimum atomic E-state index is -0.826. The number of rotatable bonds is 6. The van der Waals surface area contributed by atoms with Crippen LogP contribution in [0.4, 0.5) is 13.2 Å². The zero-order valence-electron chi connectivity index (χ0n) is 20.2. The van der Waals surface area contributed by atoms with E-state index in [-0.39, 0.29) is 17.1 Å². The Morgan fingerprint density at radius 3 is 2.46 bits per heavy atom. The lowest BCUT2D eigenvalue weighted by Crippen LogP contribution is -2.31. The molecule has 0 amide bonds. The zero-order chi connectivity index (χ0) is 26.3. The number of aromatic nitrogens is 2. The molecule has 0 radical (unpaired) electrons. The van der Waals surface area contributed by atoms with Crippen molar-refractivity contribution in [2.75, 3.05) is 7.11 Å². The summed E-state index contributed by atoms with van der Waals surface area (Å²) in [7, 11) is 1.57. The fraction of sp³-hybridized carbons (Fsp3) is 0.250. The van der Waals surface area contributed by atoms with Gasteiger partial charge in [0.2, 0.25) is 0 Å². The Kier molecular flexibility index (Phi) is 6.89. The van der Waals surface area contributed by atoms with E-state index >= 15 is 0 Å². The molecule has 0 fully saturated rings. The van der Waals surface area contributed by atoms with Gasteiger partial charge in [0.1, 0.15) is 29.0 Å². The van der Waals surface area contributed by atoms with Crippen LogP contribution in [-0.4, -0.2) is 21.8 Å². The number of benzene rings is 3. The maximum Gasteiger partial charge on any atom is 0.173 e. The van der Waals surface area contributed by atoms with Crippen LogP contribution < -0.4 is 4.74 Å². The van der Waals surface area contributed by atoms with E-state index < -0.39 is 22.8 Å². The average molecular weight is 545 g/mol. The number of fused-ring (bicyclic) bond motifs is 1. The van der Waals surface area contributed by atoms with Crippen LogP contribution in [0.3, 0.4) is 0 Å². The van der Waals surface area contributed by atoms with Gasteiger partial charge in [-0.2, -0.15) is 0 Å². The first-order valence-electron chi connectivity index (χ1n) is 11.7. The minimum absolute atomic E-state index is 0.0412. The number of hydrogen-bond donors (Lipinski definition) is 1. The Labute approximate surface area is 222 Å². The molecule has 1 aliphatic carbocycles. The maximum absolute atomic E-state index is 14.5. The van der Waals surface area contributed by atoms with Crippen LogP contribution in [-0.2, 0) is 17.6 Å². The SMILES string of the molecule is COc1cc(C2(C)CCCc3nc(SCc4c(F)cc(O)cc4F)n(-c4ccc(F)cc4)c32)ccc1Cl. The van der Waals surface area contributed by atoms with E-state index in [1.165, 1.54) is 23.9 Å². The predicted molar refractivity (Wildman–Crippen MR) is 139 cm³/mol. The van der Waals surface area contributed by atoms with Crippen molar-refractivity contribution in [3.8, 4) is 17.2 Å². The van der Waals surface area contributed by atoms with Gasteiger partial charge in [-0.15, -0.1) is 0 Å². The summed E-state index contributed by atoms with van der Waals surface area (Å²) in [6, 6.07) is 13.6. The third-order valence-corrected chi connectivity index (χ3v) is 8.15. The average Bonchev–Trinajstić information content (AvgIpc) is 3.24. The molecule has 1 heterocycles. The van der Waals surface area contributed by atoms with E-state index in [1.54, 1.807) is 25.3 Å². The highest BCUT2D eigenvalue weighted by Gasteiger charge is 2.40. The fourth-order valence-corrected chi connectivity index (χ4v) is 6.23. The summed E-state index contributed by atoms with van der Waals surface area (Å²) in [6.07, 6.45) is 2.45. The van der Waals surface area contributed by atoms with Crippen LogP contribution >= 0.6 is 23.4 Å². The number of aryl methyl sites for hydroxylation is 1. The Bertz CT molecular complexity index is 1450. The second kappa shape index (κ2) is 9.99. The molecule has 0 saturated carbocycles. The molecule has 9 heteroatoms. The van der Waals surface area contributed by atoms with E-state index in [0.717, 1.165) is 48.3 Å². The van der Waals surface area contributed by atoms with Crippen LogP contribution in [0.5, 0.6) is 11.5 Å². The molecule has 1 unspecified atom stereocenters. The lowest BCUT2D eigenvalue weighted by molar-refractivity contribution is 0.407. The van der Waals surface area contributed by atoms with Gasteiger partial charge in [0.15, 0.2) is 5.16 Å². The van der Waals surface area contributed by atoms with Crippen LogP contribution in [0.2, 0.25) is 5.02 Å². The monoisotopic (exact) mass is 544 g/mol. The second-order valence-corrected chi connectivity index (χ2v) is 10.6. The molecular formula is C28H24ClF3N2O2S. The standard InChI is InChI=1S/C28H24ClF3N2O2S/c1-28(16-5-10-21(29)25(12-16)36-2)11-3-4-24-26(28)34(18-8-6-17(30)7-9-18)27(33-24)37-15-20-22(31)13-19(35)14-23(20)32/h5-10,12-14,35H,3-4,11,15H2,1-2H3. The van der Waals surface area contributed by atoms with Crippen LogP contribution in [0.15, 0.2) is 59.8 Å². The van der Waals surface area contributed by atoms with Crippen molar-refractivity contribution < 1.29 is 23.0 Å². The number of phenols is 1. The number of thioether (sulfide) groups is 1. The number of imidazole rings is 1.